The molecule has 0 spiro atoms. The van der Waals surface area contributed by atoms with Crippen molar-refractivity contribution >= 4 is 28.9 Å². The van der Waals surface area contributed by atoms with E-state index in [0.29, 0.717) is 6.42 Å². The normalized spacial score (nSPS) is 13.6. The molecule has 0 saturated heterocycles. The van der Waals surface area contributed by atoms with Gasteiger partial charge in [0.1, 0.15) is 5.01 Å². The van der Waals surface area contributed by atoms with Gasteiger partial charge < -0.3 is 10.0 Å². The fraction of sp³-hybridized carbons (Fsp3) is 0.150. The highest BCUT2D eigenvalue weighted by atomic mass is 32.1. The molecule has 1 aliphatic heterocycles. The summed E-state index contributed by atoms with van der Waals surface area (Å²) in [5.74, 6) is -0.809. The fourth-order valence-corrected chi connectivity index (χ4v) is 3.97. The Morgan fingerprint density at radius 3 is 2.81 bits per heavy atom. The van der Waals surface area contributed by atoms with Gasteiger partial charge in [0.15, 0.2) is 0 Å². The Bertz CT molecular complexity index is 1030. The van der Waals surface area contributed by atoms with Crippen LogP contribution in [-0.4, -0.2) is 29.0 Å². The van der Waals surface area contributed by atoms with Crippen molar-refractivity contribution in [3.05, 3.63) is 59.0 Å². The van der Waals surface area contributed by atoms with Gasteiger partial charge in [0.05, 0.1) is 11.3 Å². The molecule has 0 saturated carbocycles. The fourth-order valence-electron chi connectivity index (χ4n) is 3.14. The van der Waals surface area contributed by atoms with Crippen LogP contribution in [0.1, 0.15) is 22.3 Å². The molecule has 2 heterocycles. The van der Waals surface area contributed by atoms with E-state index in [1.165, 1.54) is 11.3 Å². The molecular formula is C20H16N2O3S. The van der Waals surface area contributed by atoms with Crippen LogP contribution >= 0.6 is 11.3 Å². The van der Waals surface area contributed by atoms with Crippen molar-refractivity contribution in [2.24, 2.45) is 0 Å². The third-order valence-electron chi connectivity index (χ3n) is 4.58. The van der Waals surface area contributed by atoms with Crippen molar-refractivity contribution < 1.29 is 14.7 Å². The molecule has 1 N–H and O–H groups in total. The first kappa shape index (κ1) is 16.5. The van der Waals surface area contributed by atoms with E-state index in [0.717, 1.165) is 39.5 Å². The number of anilines is 1. The van der Waals surface area contributed by atoms with Crippen LogP contribution in [0.2, 0.25) is 0 Å². The smallest absolute Gasteiger partial charge is 0.335 e. The molecule has 0 atom stereocenters. The van der Waals surface area contributed by atoms with Crippen LogP contribution in [0.4, 0.5) is 5.69 Å². The molecule has 0 aliphatic carbocycles. The number of aromatic nitrogens is 1. The number of carboxylic acids is 1. The SMILES string of the molecule is CN1C(=O)CCc2cc(-c3csc(-c4cccc(C(=O)O)c4)n3)ccc21. The second kappa shape index (κ2) is 6.38. The minimum Gasteiger partial charge on any atom is -0.478 e. The van der Waals surface area contributed by atoms with Crippen molar-refractivity contribution in [1.29, 1.82) is 0 Å². The summed E-state index contributed by atoms with van der Waals surface area (Å²) in [5.41, 5.74) is 5.00. The number of hydrogen-bond donors (Lipinski definition) is 1. The largest absolute Gasteiger partial charge is 0.478 e. The third-order valence-corrected chi connectivity index (χ3v) is 5.47. The lowest BCUT2D eigenvalue weighted by Gasteiger charge is -2.26. The number of thiazole rings is 1. The molecule has 0 bridgehead atoms. The van der Waals surface area contributed by atoms with Gasteiger partial charge in [-0.3, -0.25) is 4.79 Å². The summed E-state index contributed by atoms with van der Waals surface area (Å²) in [7, 11) is 1.80. The highest BCUT2D eigenvalue weighted by Crippen LogP contribution is 2.33. The molecule has 26 heavy (non-hydrogen) atoms. The van der Waals surface area contributed by atoms with Crippen LogP contribution < -0.4 is 4.90 Å². The number of benzene rings is 2. The molecule has 5 nitrogen and oxygen atoms in total. The first-order chi connectivity index (χ1) is 12.5. The summed E-state index contributed by atoms with van der Waals surface area (Å²) >= 11 is 1.49. The van der Waals surface area contributed by atoms with Crippen LogP contribution in [0.5, 0.6) is 0 Å². The predicted octanol–water partition coefficient (Wildman–Crippen LogP) is 4.08. The van der Waals surface area contributed by atoms with Gasteiger partial charge in [-0.2, -0.15) is 0 Å². The number of fused-ring (bicyclic) bond motifs is 1. The monoisotopic (exact) mass is 364 g/mol. The van der Waals surface area contributed by atoms with E-state index < -0.39 is 5.97 Å². The summed E-state index contributed by atoms with van der Waals surface area (Å²) in [4.78, 5) is 29.4. The van der Waals surface area contributed by atoms with Gasteiger partial charge in [0, 0.05) is 35.7 Å². The van der Waals surface area contributed by atoms with Gasteiger partial charge in [0.2, 0.25) is 5.91 Å². The molecule has 1 aliphatic rings. The highest BCUT2D eigenvalue weighted by molar-refractivity contribution is 7.13. The van der Waals surface area contributed by atoms with E-state index in [4.69, 9.17) is 5.11 Å². The molecule has 3 aromatic rings. The maximum Gasteiger partial charge on any atom is 0.335 e. The number of carboxylic acid groups (broad SMARTS) is 1. The molecule has 1 aromatic heterocycles. The van der Waals surface area contributed by atoms with E-state index >= 15 is 0 Å². The van der Waals surface area contributed by atoms with E-state index in [1.807, 2.05) is 23.6 Å². The maximum atomic E-state index is 11.8. The van der Waals surface area contributed by atoms with Crippen molar-refractivity contribution in [2.45, 2.75) is 12.8 Å². The first-order valence-corrected chi connectivity index (χ1v) is 9.10. The average Bonchev–Trinajstić information content (AvgIpc) is 3.15. The molecule has 2 aromatic carbocycles. The van der Waals surface area contributed by atoms with Gasteiger partial charge in [-0.1, -0.05) is 18.2 Å². The minimum atomic E-state index is -0.947. The van der Waals surface area contributed by atoms with E-state index in [1.54, 1.807) is 30.1 Å². The van der Waals surface area contributed by atoms with Crippen LogP contribution in [0, 0.1) is 0 Å². The first-order valence-electron chi connectivity index (χ1n) is 8.22. The zero-order valence-corrected chi connectivity index (χ0v) is 14.9. The molecule has 130 valence electrons. The third kappa shape index (κ3) is 2.88. The summed E-state index contributed by atoms with van der Waals surface area (Å²) in [5, 5.41) is 11.9. The Labute approximate surface area is 154 Å². The van der Waals surface area contributed by atoms with Crippen LogP contribution in [0.15, 0.2) is 47.8 Å². The average molecular weight is 364 g/mol. The van der Waals surface area contributed by atoms with Crippen molar-refractivity contribution in [1.82, 2.24) is 4.98 Å². The Hall–Kier alpha value is -2.99. The molecule has 0 unspecified atom stereocenters. The summed E-state index contributed by atoms with van der Waals surface area (Å²) in [6, 6.07) is 12.8. The lowest BCUT2D eigenvalue weighted by atomic mass is 9.98. The topological polar surface area (TPSA) is 70.5 Å². The van der Waals surface area contributed by atoms with Gasteiger partial charge in [-0.15, -0.1) is 11.3 Å². The van der Waals surface area contributed by atoms with Crippen molar-refractivity contribution in [2.75, 3.05) is 11.9 Å². The predicted molar refractivity (Wildman–Crippen MR) is 102 cm³/mol. The van der Waals surface area contributed by atoms with E-state index in [9.17, 15) is 9.59 Å². The zero-order valence-electron chi connectivity index (χ0n) is 14.1. The summed E-state index contributed by atoms with van der Waals surface area (Å²) in [6.45, 7) is 0. The number of amides is 1. The number of aryl methyl sites for hydroxylation is 1. The molecule has 6 heteroatoms. The van der Waals surface area contributed by atoms with Gasteiger partial charge in [0.25, 0.3) is 0 Å². The van der Waals surface area contributed by atoms with Gasteiger partial charge in [-0.25, -0.2) is 9.78 Å². The molecule has 0 radical (unpaired) electrons. The Balaban J connectivity index is 1.68. The standard InChI is InChI=1S/C20H16N2O3S/c1-22-17-7-5-12(9-13(17)6-8-18(22)23)16-11-26-19(21-16)14-3-2-4-15(10-14)20(24)25/h2-5,7,9-11H,6,8H2,1H3,(H,24,25). The van der Waals surface area contributed by atoms with Crippen molar-refractivity contribution in [3.8, 4) is 21.8 Å². The second-order valence-corrected chi connectivity index (χ2v) is 7.08. The number of carbonyl (C=O) groups excluding carboxylic acids is 1. The van der Waals surface area contributed by atoms with Gasteiger partial charge in [-0.05, 0) is 36.2 Å². The van der Waals surface area contributed by atoms with Crippen LogP contribution in [-0.2, 0) is 11.2 Å². The second-order valence-electron chi connectivity index (χ2n) is 6.22. The Kier molecular flexibility index (Phi) is 4.05. The molecule has 1 amide bonds. The lowest BCUT2D eigenvalue weighted by molar-refractivity contribution is -0.118. The van der Waals surface area contributed by atoms with Crippen LogP contribution in [0.25, 0.3) is 21.8 Å². The lowest BCUT2D eigenvalue weighted by Crippen LogP contribution is -2.30. The van der Waals surface area contributed by atoms with Crippen molar-refractivity contribution in [3.63, 3.8) is 0 Å². The van der Waals surface area contributed by atoms with E-state index in [2.05, 4.69) is 11.1 Å². The highest BCUT2D eigenvalue weighted by Gasteiger charge is 2.21. The molecular weight excluding hydrogens is 348 g/mol. The number of rotatable bonds is 3. The van der Waals surface area contributed by atoms with Gasteiger partial charge >= 0.3 is 5.97 Å². The van der Waals surface area contributed by atoms with E-state index in [-0.39, 0.29) is 11.5 Å². The maximum absolute atomic E-state index is 11.8. The number of nitrogens with zero attached hydrogens (tertiary/aromatic N) is 2. The molecule has 4 rings (SSSR count). The number of hydrogen-bond acceptors (Lipinski definition) is 4. The summed E-state index contributed by atoms with van der Waals surface area (Å²) < 4.78 is 0. The zero-order chi connectivity index (χ0) is 18.3. The minimum absolute atomic E-state index is 0.138. The van der Waals surface area contributed by atoms with Crippen LogP contribution in [0.3, 0.4) is 0 Å². The number of carbonyl (C=O) groups is 2. The summed E-state index contributed by atoms with van der Waals surface area (Å²) in [6.07, 6.45) is 1.27. The number of aromatic carboxylic acids is 1. The quantitative estimate of drug-likeness (QED) is 0.760. The molecule has 0 fully saturated rings. The Morgan fingerprint density at radius 2 is 2.00 bits per heavy atom. The Morgan fingerprint density at radius 1 is 1.15 bits per heavy atom.